The molecule has 5 rings (SSSR count). The molecular weight excluding hydrogens is 276 g/mol. The van der Waals surface area contributed by atoms with Crippen molar-refractivity contribution in [3.8, 4) is 0 Å². The summed E-state index contributed by atoms with van der Waals surface area (Å²) in [4.78, 5) is 19.6. The van der Waals surface area contributed by atoms with E-state index in [2.05, 4.69) is 23.7 Å². The van der Waals surface area contributed by atoms with Gasteiger partial charge < -0.3 is 4.42 Å². The highest BCUT2D eigenvalue weighted by molar-refractivity contribution is 5.97. The topological polar surface area (TPSA) is 46.3 Å². The van der Waals surface area contributed by atoms with Crippen molar-refractivity contribution in [3.05, 3.63) is 30.3 Å². The monoisotopic (exact) mass is 298 g/mol. The molecule has 0 saturated carbocycles. The molecule has 0 N–H and O–H groups in total. The Balaban J connectivity index is 1.58. The first-order chi connectivity index (χ1) is 10.6. The molecule has 3 aliphatic rings. The van der Waals surface area contributed by atoms with Crippen LogP contribution in [0.1, 0.15) is 43.6 Å². The fourth-order valence-electron chi connectivity index (χ4n) is 4.43. The standard InChI is InChI=1S/C18H22N2O2/c1-18(2)14(12-3-6-20(18)7-4-12)10-16(21)15-9-13-5-8-22-17(13)11-19-15/h5,8-9,11-12,14H,3-4,6-7,10H2,1-2H3/t14-/m0/s1. The van der Waals surface area contributed by atoms with Gasteiger partial charge in [-0.3, -0.25) is 9.69 Å². The van der Waals surface area contributed by atoms with Gasteiger partial charge in [-0.1, -0.05) is 0 Å². The van der Waals surface area contributed by atoms with Crippen molar-refractivity contribution in [2.75, 3.05) is 13.1 Å². The molecule has 3 fully saturated rings. The van der Waals surface area contributed by atoms with Gasteiger partial charge in [0.15, 0.2) is 11.4 Å². The number of piperidine rings is 3. The number of pyridine rings is 1. The Kier molecular flexibility index (Phi) is 3.12. The van der Waals surface area contributed by atoms with Gasteiger partial charge in [0.1, 0.15) is 5.69 Å². The van der Waals surface area contributed by atoms with Crippen molar-refractivity contribution in [2.45, 2.75) is 38.6 Å². The van der Waals surface area contributed by atoms with Crippen LogP contribution >= 0.6 is 0 Å². The lowest BCUT2D eigenvalue weighted by atomic mass is 9.65. The number of carbonyl (C=O) groups excluding carboxylic acids is 1. The summed E-state index contributed by atoms with van der Waals surface area (Å²) < 4.78 is 5.30. The van der Waals surface area contributed by atoms with Gasteiger partial charge in [0.2, 0.25) is 0 Å². The summed E-state index contributed by atoms with van der Waals surface area (Å²) in [6.07, 6.45) is 6.36. The van der Waals surface area contributed by atoms with Crippen molar-refractivity contribution >= 4 is 16.8 Å². The predicted molar refractivity (Wildman–Crippen MR) is 84.8 cm³/mol. The van der Waals surface area contributed by atoms with Gasteiger partial charge in [-0.2, -0.15) is 0 Å². The fourth-order valence-corrected chi connectivity index (χ4v) is 4.43. The van der Waals surface area contributed by atoms with E-state index in [0.717, 1.165) is 11.0 Å². The molecule has 22 heavy (non-hydrogen) atoms. The highest BCUT2D eigenvalue weighted by Crippen LogP contribution is 2.45. The van der Waals surface area contributed by atoms with E-state index >= 15 is 0 Å². The number of furan rings is 1. The maximum absolute atomic E-state index is 12.7. The number of nitrogens with zero attached hydrogens (tertiary/aromatic N) is 2. The lowest BCUT2D eigenvalue weighted by molar-refractivity contribution is -0.0644. The highest BCUT2D eigenvalue weighted by atomic mass is 16.3. The van der Waals surface area contributed by atoms with E-state index in [9.17, 15) is 4.79 Å². The summed E-state index contributed by atoms with van der Waals surface area (Å²) in [6.45, 7) is 6.95. The van der Waals surface area contributed by atoms with Crippen LogP contribution in [0.25, 0.3) is 11.0 Å². The zero-order chi connectivity index (χ0) is 15.3. The summed E-state index contributed by atoms with van der Waals surface area (Å²) in [7, 11) is 0. The minimum Gasteiger partial charge on any atom is -0.463 e. The molecule has 0 aliphatic carbocycles. The number of fused-ring (bicyclic) bond motifs is 4. The summed E-state index contributed by atoms with van der Waals surface area (Å²) in [5.41, 5.74) is 1.43. The van der Waals surface area contributed by atoms with Gasteiger partial charge in [0, 0.05) is 17.3 Å². The van der Waals surface area contributed by atoms with Crippen molar-refractivity contribution in [2.24, 2.45) is 11.8 Å². The number of hydrogen-bond acceptors (Lipinski definition) is 4. The maximum atomic E-state index is 12.7. The number of rotatable bonds is 3. The van der Waals surface area contributed by atoms with Crippen LogP contribution in [0.15, 0.2) is 29.0 Å². The van der Waals surface area contributed by atoms with Gasteiger partial charge in [-0.05, 0) is 63.7 Å². The molecule has 3 aliphatic heterocycles. The van der Waals surface area contributed by atoms with Crippen LogP contribution in [0, 0.1) is 11.8 Å². The molecule has 2 aromatic rings. The maximum Gasteiger partial charge on any atom is 0.181 e. The van der Waals surface area contributed by atoms with Crippen LogP contribution in [0.5, 0.6) is 0 Å². The zero-order valence-electron chi connectivity index (χ0n) is 13.2. The molecule has 0 spiro atoms. The smallest absolute Gasteiger partial charge is 0.181 e. The Bertz CT molecular complexity index is 711. The van der Waals surface area contributed by atoms with Crippen LogP contribution in [-0.4, -0.2) is 34.3 Å². The lowest BCUT2D eigenvalue weighted by Crippen LogP contribution is -2.61. The summed E-state index contributed by atoms with van der Waals surface area (Å²) in [5, 5.41) is 0.950. The molecule has 3 saturated heterocycles. The predicted octanol–water partition coefficient (Wildman–Crippen LogP) is 3.52. The molecule has 0 unspecified atom stereocenters. The second-order valence-corrected chi connectivity index (χ2v) is 7.24. The molecule has 0 aromatic carbocycles. The van der Waals surface area contributed by atoms with Crippen LogP contribution in [0.3, 0.4) is 0 Å². The van der Waals surface area contributed by atoms with Crippen LogP contribution in [0.4, 0.5) is 0 Å². The van der Waals surface area contributed by atoms with Crippen molar-refractivity contribution in [1.82, 2.24) is 9.88 Å². The molecule has 2 aromatic heterocycles. The largest absolute Gasteiger partial charge is 0.463 e. The minimum absolute atomic E-state index is 0.122. The average molecular weight is 298 g/mol. The lowest BCUT2D eigenvalue weighted by Gasteiger charge is -2.56. The van der Waals surface area contributed by atoms with Crippen LogP contribution < -0.4 is 0 Å². The van der Waals surface area contributed by atoms with Gasteiger partial charge in [-0.15, -0.1) is 0 Å². The average Bonchev–Trinajstić information content (AvgIpc) is 2.98. The molecule has 116 valence electrons. The first kappa shape index (κ1) is 13.9. The highest BCUT2D eigenvalue weighted by Gasteiger charge is 2.47. The van der Waals surface area contributed by atoms with Crippen molar-refractivity contribution < 1.29 is 9.21 Å². The Hall–Kier alpha value is -1.68. The van der Waals surface area contributed by atoms with Gasteiger partial charge in [0.05, 0.1) is 12.5 Å². The molecule has 2 bridgehead atoms. The van der Waals surface area contributed by atoms with E-state index in [1.807, 2.05) is 12.1 Å². The number of aromatic nitrogens is 1. The second-order valence-electron chi connectivity index (χ2n) is 7.24. The van der Waals surface area contributed by atoms with E-state index in [0.29, 0.717) is 24.0 Å². The van der Waals surface area contributed by atoms with Crippen molar-refractivity contribution in [3.63, 3.8) is 0 Å². The van der Waals surface area contributed by atoms with E-state index in [1.54, 1.807) is 12.5 Å². The Morgan fingerprint density at radius 1 is 1.41 bits per heavy atom. The normalized spacial score (nSPS) is 29.8. The summed E-state index contributed by atoms with van der Waals surface area (Å²) >= 11 is 0. The molecular formula is C18H22N2O2. The third-order valence-corrected chi connectivity index (χ3v) is 5.86. The Morgan fingerprint density at radius 3 is 2.91 bits per heavy atom. The summed E-state index contributed by atoms with van der Waals surface area (Å²) in [6, 6.07) is 3.74. The molecule has 0 amide bonds. The van der Waals surface area contributed by atoms with Gasteiger partial charge >= 0.3 is 0 Å². The molecule has 0 radical (unpaired) electrons. The van der Waals surface area contributed by atoms with Gasteiger partial charge in [0.25, 0.3) is 0 Å². The van der Waals surface area contributed by atoms with Crippen LogP contribution in [-0.2, 0) is 0 Å². The van der Waals surface area contributed by atoms with E-state index < -0.39 is 0 Å². The van der Waals surface area contributed by atoms with E-state index in [4.69, 9.17) is 4.42 Å². The van der Waals surface area contributed by atoms with Gasteiger partial charge in [-0.25, -0.2) is 4.98 Å². The molecule has 1 atom stereocenters. The Labute approximate surface area is 130 Å². The third-order valence-electron chi connectivity index (χ3n) is 5.86. The number of carbonyl (C=O) groups is 1. The first-order valence-electron chi connectivity index (χ1n) is 8.17. The third kappa shape index (κ3) is 2.09. The minimum atomic E-state index is 0.122. The first-order valence-corrected chi connectivity index (χ1v) is 8.17. The van der Waals surface area contributed by atoms with E-state index in [1.165, 1.54) is 25.9 Å². The molecule has 4 heteroatoms. The number of Topliss-reactive ketones (excluding diaryl/α,β-unsaturated/α-hetero) is 1. The summed E-state index contributed by atoms with van der Waals surface area (Å²) in [5.74, 6) is 1.28. The van der Waals surface area contributed by atoms with E-state index in [-0.39, 0.29) is 11.3 Å². The second kappa shape index (κ2) is 4.92. The molecule has 4 nitrogen and oxygen atoms in total. The quantitative estimate of drug-likeness (QED) is 0.813. The van der Waals surface area contributed by atoms with Crippen molar-refractivity contribution in [1.29, 1.82) is 0 Å². The van der Waals surface area contributed by atoms with Crippen LogP contribution in [0.2, 0.25) is 0 Å². The number of ketones is 1. The number of hydrogen-bond donors (Lipinski definition) is 0. The SMILES string of the molecule is CC1(C)[C@@H](CC(=O)c2cc3ccoc3cn2)C2CCN1CC2. The Morgan fingerprint density at radius 2 is 2.18 bits per heavy atom. The zero-order valence-corrected chi connectivity index (χ0v) is 13.2. The molecule has 5 heterocycles. The fraction of sp³-hybridized carbons (Fsp3) is 0.556.